The number of rotatable bonds is 3. The molecule has 0 bridgehead atoms. The summed E-state index contributed by atoms with van der Waals surface area (Å²) in [5.41, 5.74) is 1.06. The maximum atomic E-state index is 11.6. The van der Waals surface area contributed by atoms with E-state index in [1.807, 2.05) is 0 Å². The molecule has 1 aromatic carbocycles. The Bertz CT molecular complexity index is 965. The van der Waals surface area contributed by atoms with E-state index in [9.17, 15) is 13.5 Å². The number of anilines is 2. The molecule has 2 aromatic heterocycles. The van der Waals surface area contributed by atoms with Crippen molar-refractivity contribution in [3.63, 3.8) is 0 Å². The fourth-order valence-corrected chi connectivity index (χ4v) is 2.32. The van der Waals surface area contributed by atoms with Crippen LogP contribution in [0, 0.1) is 0 Å². The Morgan fingerprint density at radius 1 is 1.13 bits per heavy atom. The van der Waals surface area contributed by atoms with E-state index < -0.39 is 9.84 Å². The average Bonchev–Trinajstić information content (AvgIpc) is 2.48. The second kappa shape index (κ2) is 6.49. The van der Waals surface area contributed by atoms with Gasteiger partial charge in [0.1, 0.15) is 23.1 Å². The maximum absolute atomic E-state index is 11.6. The van der Waals surface area contributed by atoms with Crippen molar-refractivity contribution in [2.24, 2.45) is 0 Å². The zero-order chi connectivity index (χ0) is 15.7. The Hall–Kier alpha value is -2.23. The van der Waals surface area contributed by atoms with Crippen LogP contribution in [-0.4, -0.2) is 39.7 Å². The summed E-state index contributed by atoms with van der Waals surface area (Å²) >= 11 is 0. The first-order valence-corrected chi connectivity index (χ1v) is 8.07. The Labute approximate surface area is 143 Å². The molecule has 0 aliphatic rings. The molecule has 8 nitrogen and oxygen atoms in total. The SMILES string of the molecule is CS(=O)(=O)c1ncc2ncnc(Nc3ccccc3O)c2n1.[V]. The largest absolute Gasteiger partial charge is 0.506 e. The Balaban J connectivity index is 0.00000192. The third-order valence-corrected chi connectivity index (χ3v) is 3.70. The number of hydrogen-bond donors (Lipinski definition) is 2. The molecule has 0 spiro atoms. The molecule has 1 radical (unpaired) electrons. The van der Waals surface area contributed by atoms with E-state index in [2.05, 4.69) is 25.3 Å². The summed E-state index contributed by atoms with van der Waals surface area (Å²) in [6, 6.07) is 6.59. The van der Waals surface area contributed by atoms with Crippen molar-refractivity contribution in [2.45, 2.75) is 5.16 Å². The predicted octanol–water partition coefficient (Wildman–Crippen LogP) is 1.27. The standard InChI is InChI=1S/C13H11N5O3S.V/c1-22(20,21)13-14-6-9-11(18-13)12(16-7-15-9)17-8-4-2-3-5-10(8)19;/h2-7,19H,1H3,(H,15,16,17);. The number of benzene rings is 1. The number of nitrogens with one attached hydrogen (secondary N) is 1. The van der Waals surface area contributed by atoms with Crippen LogP contribution >= 0.6 is 0 Å². The minimum atomic E-state index is -3.55. The number of phenols is 1. The molecule has 0 amide bonds. The van der Waals surface area contributed by atoms with E-state index in [1.54, 1.807) is 18.2 Å². The van der Waals surface area contributed by atoms with Gasteiger partial charge in [0.25, 0.3) is 0 Å². The van der Waals surface area contributed by atoms with Crippen LogP contribution in [0.3, 0.4) is 0 Å². The number of para-hydroxylation sites is 2. The van der Waals surface area contributed by atoms with Crippen molar-refractivity contribution in [2.75, 3.05) is 11.6 Å². The van der Waals surface area contributed by atoms with Crippen molar-refractivity contribution in [3.05, 3.63) is 36.8 Å². The Morgan fingerprint density at radius 3 is 2.57 bits per heavy atom. The van der Waals surface area contributed by atoms with Gasteiger partial charge in [-0.05, 0) is 12.1 Å². The molecule has 2 N–H and O–H groups in total. The average molecular weight is 368 g/mol. The van der Waals surface area contributed by atoms with Gasteiger partial charge in [0.2, 0.25) is 15.0 Å². The van der Waals surface area contributed by atoms with Crippen molar-refractivity contribution in [3.8, 4) is 5.75 Å². The van der Waals surface area contributed by atoms with Crippen LogP contribution < -0.4 is 5.32 Å². The monoisotopic (exact) mass is 368 g/mol. The molecule has 0 atom stereocenters. The molecular weight excluding hydrogens is 357 g/mol. The van der Waals surface area contributed by atoms with Gasteiger partial charge < -0.3 is 10.4 Å². The van der Waals surface area contributed by atoms with Crippen molar-refractivity contribution in [1.29, 1.82) is 0 Å². The van der Waals surface area contributed by atoms with E-state index in [0.717, 1.165) is 6.26 Å². The minimum absolute atomic E-state index is 0. The van der Waals surface area contributed by atoms with Crippen LogP contribution in [0.4, 0.5) is 11.5 Å². The van der Waals surface area contributed by atoms with Crippen molar-refractivity contribution < 1.29 is 32.1 Å². The van der Waals surface area contributed by atoms with Crippen molar-refractivity contribution in [1.82, 2.24) is 19.9 Å². The topological polar surface area (TPSA) is 118 Å². The number of nitrogens with zero attached hydrogens (tertiary/aromatic N) is 4. The van der Waals surface area contributed by atoms with Crippen LogP contribution in [-0.2, 0) is 28.4 Å². The van der Waals surface area contributed by atoms with E-state index >= 15 is 0 Å². The molecule has 23 heavy (non-hydrogen) atoms. The smallest absolute Gasteiger partial charge is 0.247 e. The summed E-state index contributed by atoms with van der Waals surface area (Å²) in [6.07, 6.45) is 3.64. The number of aromatic hydroxyl groups is 1. The third kappa shape index (κ3) is 3.58. The van der Waals surface area contributed by atoms with Crippen LogP contribution in [0.1, 0.15) is 0 Å². The first-order chi connectivity index (χ1) is 10.4. The quantitative estimate of drug-likeness (QED) is 0.524. The van der Waals surface area contributed by atoms with Gasteiger partial charge >= 0.3 is 0 Å². The fourth-order valence-electron chi connectivity index (χ4n) is 1.82. The van der Waals surface area contributed by atoms with Gasteiger partial charge in [0.05, 0.1) is 11.9 Å². The molecule has 0 fully saturated rings. The number of sulfone groups is 1. The van der Waals surface area contributed by atoms with Gasteiger partial charge in [0, 0.05) is 24.8 Å². The molecule has 10 heteroatoms. The summed E-state index contributed by atoms with van der Waals surface area (Å²) in [5, 5.41) is 12.4. The molecule has 2 heterocycles. The van der Waals surface area contributed by atoms with Gasteiger partial charge in [-0.1, -0.05) is 12.1 Å². The summed E-state index contributed by atoms with van der Waals surface area (Å²) < 4.78 is 23.1. The molecule has 0 saturated carbocycles. The molecule has 0 unspecified atom stereocenters. The van der Waals surface area contributed by atoms with Gasteiger partial charge in [-0.3, -0.25) is 0 Å². The predicted molar refractivity (Wildman–Crippen MR) is 79.6 cm³/mol. The number of aromatic nitrogens is 4. The van der Waals surface area contributed by atoms with Crippen LogP contribution in [0.15, 0.2) is 41.9 Å². The fraction of sp³-hybridized carbons (Fsp3) is 0.0769. The van der Waals surface area contributed by atoms with Crippen LogP contribution in [0.25, 0.3) is 11.0 Å². The molecule has 0 aliphatic carbocycles. The molecule has 117 valence electrons. The molecule has 0 saturated heterocycles. The zero-order valence-corrected chi connectivity index (χ0v) is 14.1. The van der Waals surface area contributed by atoms with Crippen molar-refractivity contribution >= 4 is 32.4 Å². The maximum Gasteiger partial charge on any atom is 0.247 e. The Morgan fingerprint density at radius 2 is 1.87 bits per heavy atom. The van der Waals surface area contributed by atoms with Gasteiger partial charge in [-0.25, -0.2) is 28.4 Å². The van der Waals surface area contributed by atoms with Crippen LogP contribution in [0.2, 0.25) is 0 Å². The molecular formula is C13H11N5O3SV. The summed E-state index contributed by atoms with van der Waals surface area (Å²) in [4.78, 5) is 15.8. The second-order valence-electron chi connectivity index (χ2n) is 4.52. The number of fused-ring (bicyclic) bond motifs is 1. The summed E-state index contributed by atoms with van der Waals surface area (Å²) in [6.45, 7) is 0. The van der Waals surface area contributed by atoms with E-state index in [4.69, 9.17) is 0 Å². The normalized spacial score (nSPS) is 11.0. The van der Waals surface area contributed by atoms with Gasteiger partial charge in [0.15, 0.2) is 5.82 Å². The summed E-state index contributed by atoms with van der Waals surface area (Å²) in [5.74, 6) is 0.311. The third-order valence-electron chi connectivity index (χ3n) is 2.84. The molecule has 3 rings (SSSR count). The first kappa shape index (κ1) is 17.1. The molecule has 0 aliphatic heterocycles. The number of hydrogen-bond acceptors (Lipinski definition) is 8. The van der Waals surface area contributed by atoms with Crippen LogP contribution in [0.5, 0.6) is 5.75 Å². The van der Waals surface area contributed by atoms with E-state index in [1.165, 1.54) is 18.6 Å². The zero-order valence-electron chi connectivity index (χ0n) is 11.9. The van der Waals surface area contributed by atoms with E-state index in [0.29, 0.717) is 11.2 Å². The van der Waals surface area contributed by atoms with E-state index in [-0.39, 0.29) is 40.8 Å². The first-order valence-electron chi connectivity index (χ1n) is 6.18. The van der Waals surface area contributed by atoms with Gasteiger partial charge in [-0.15, -0.1) is 0 Å². The minimum Gasteiger partial charge on any atom is -0.506 e. The Kier molecular flexibility index (Phi) is 4.83. The molecule has 3 aromatic rings. The van der Waals surface area contributed by atoms with Gasteiger partial charge in [-0.2, -0.15) is 0 Å². The number of phenolic OH excluding ortho intramolecular Hbond substituents is 1. The summed E-state index contributed by atoms with van der Waals surface area (Å²) in [7, 11) is -3.55. The second-order valence-corrected chi connectivity index (χ2v) is 6.43.